The zero-order valence-corrected chi connectivity index (χ0v) is 18.5. The van der Waals surface area contributed by atoms with Crippen molar-refractivity contribution < 1.29 is 9.59 Å². The number of aryl methyl sites for hydroxylation is 1. The topological polar surface area (TPSA) is 106 Å². The molecule has 7 heteroatoms. The van der Waals surface area contributed by atoms with E-state index in [4.69, 9.17) is 0 Å². The van der Waals surface area contributed by atoms with Gasteiger partial charge in [0.25, 0.3) is 5.56 Å². The van der Waals surface area contributed by atoms with Crippen LogP contribution in [0.25, 0.3) is 10.9 Å². The molecule has 1 heterocycles. The minimum absolute atomic E-state index is 0.0809. The Labute approximate surface area is 177 Å². The molecule has 0 saturated heterocycles. The first-order valence-electron chi connectivity index (χ1n) is 9.99. The highest BCUT2D eigenvalue weighted by Gasteiger charge is 2.30. The van der Waals surface area contributed by atoms with Gasteiger partial charge in [0.15, 0.2) is 0 Å². The summed E-state index contributed by atoms with van der Waals surface area (Å²) in [5.74, 6) is -0.819. The molecule has 0 aliphatic rings. The van der Waals surface area contributed by atoms with Crippen LogP contribution in [0.15, 0.2) is 29.1 Å². The number of hydrogen-bond donors (Lipinski definition) is 2. The van der Waals surface area contributed by atoms with Gasteiger partial charge in [-0.3, -0.25) is 14.4 Å². The number of nitriles is 1. The lowest BCUT2D eigenvalue weighted by Crippen LogP contribution is -2.46. The average molecular weight is 411 g/mol. The third-order valence-corrected chi connectivity index (χ3v) is 5.42. The minimum Gasteiger partial charge on any atom is -0.339 e. The van der Waals surface area contributed by atoms with E-state index < -0.39 is 11.9 Å². The molecule has 0 saturated carbocycles. The Morgan fingerprint density at radius 2 is 1.93 bits per heavy atom. The fourth-order valence-electron chi connectivity index (χ4n) is 3.11. The number of carbonyl (C=O) groups excluding carboxylic acids is 2. The van der Waals surface area contributed by atoms with Gasteiger partial charge in [-0.15, -0.1) is 0 Å². The van der Waals surface area contributed by atoms with Crippen molar-refractivity contribution in [3.05, 3.63) is 45.7 Å². The molecule has 2 aromatic rings. The Morgan fingerprint density at radius 1 is 1.27 bits per heavy atom. The number of nitrogens with zero attached hydrogens (tertiary/aromatic N) is 2. The second-order valence-corrected chi connectivity index (χ2v) is 8.95. The second-order valence-electron chi connectivity index (χ2n) is 8.95. The largest absolute Gasteiger partial charge is 0.339 e. The van der Waals surface area contributed by atoms with Crippen LogP contribution in [0, 0.1) is 29.6 Å². The molecule has 30 heavy (non-hydrogen) atoms. The van der Waals surface area contributed by atoms with E-state index in [2.05, 4.69) is 10.3 Å². The van der Waals surface area contributed by atoms with Gasteiger partial charge >= 0.3 is 0 Å². The van der Waals surface area contributed by atoms with Crippen molar-refractivity contribution >= 4 is 22.7 Å². The molecule has 160 valence electrons. The van der Waals surface area contributed by atoms with Crippen molar-refractivity contribution in [2.24, 2.45) is 11.3 Å². The monoisotopic (exact) mass is 410 g/mol. The fourth-order valence-corrected chi connectivity index (χ4v) is 3.11. The van der Waals surface area contributed by atoms with E-state index in [0.29, 0.717) is 5.56 Å². The fraction of sp³-hybridized carbons (Fsp3) is 0.478. The van der Waals surface area contributed by atoms with Crippen LogP contribution in [0.4, 0.5) is 0 Å². The van der Waals surface area contributed by atoms with Crippen LogP contribution in [0.5, 0.6) is 0 Å². The average Bonchev–Trinajstić information content (AvgIpc) is 2.66. The number of amides is 2. The molecule has 2 amide bonds. The molecule has 0 spiro atoms. The van der Waals surface area contributed by atoms with E-state index in [1.54, 1.807) is 13.1 Å². The first-order chi connectivity index (χ1) is 13.9. The predicted molar refractivity (Wildman–Crippen MR) is 117 cm³/mol. The second kappa shape index (κ2) is 9.12. The number of nitrogens with one attached hydrogen (secondary N) is 2. The van der Waals surface area contributed by atoms with Crippen LogP contribution in [0.1, 0.15) is 38.8 Å². The zero-order chi connectivity index (χ0) is 22.6. The number of pyridine rings is 1. The number of likely N-dealkylation sites (N-methyl/N-ethyl adjacent to an activating group) is 1. The molecule has 0 fully saturated rings. The summed E-state index contributed by atoms with van der Waals surface area (Å²) < 4.78 is 0. The number of hydrogen-bond acceptors (Lipinski definition) is 4. The summed E-state index contributed by atoms with van der Waals surface area (Å²) in [6.45, 7) is 9.56. The van der Waals surface area contributed by atoms with E-state index in [-0.39, 0.29) is 35.8 Å². The van der Waals surface area contributed by atoms with Crippen LogP contribution in [-0.4, -0.2) is 41.3 Å². The summed E-state index contributed by atoms with van der Waals surface area (Å²) in [7, 11) is 1.57. The molecule has 2 N–H and O–H groups in total. The van der Waals surface area contributed by atoms with Gasteiger partial charge in [-0.25, -0.2) is 0 Å². The highest BCUT2D eigenvalue weighted by Crippen LogP contribution is 2.26. The van der Waals surface area contributed by atoms with Crippen molar-refractivity contribution in [2.75, 3.05) is 13.6 Å². The zero-order valence-electron chi connectivity index (χ0n) is 18.5. The van der Waals surface area contributed by atoms with E-state index in [9.17, 15) is 19.6 Å². The predicted octanol–water partition coefficient (Wildman–Crippen LogP) is 2.53. The molecular weight excluding hydrogens is 380 g/mol. The van der Waals surface area contributed by atoms with Gasteiger partial charge < -0.3 is 15.2 Å². The lowest BCUT2D eigenvalue weighted by molar-refractivity contribution is -0.140. The smallest absolute Gasteiger partial charge is 0.251 e. The number of H-pyrrole nitrogens is 1. The third kappa shape index (κ3) is 5.69. The number of aromatic nitrogens is 1. The van der Waals surface area contributed by atoms with Crippen LogP contribution >= 0.6 is 0 Å². The van der Waals surface area contributed by atoms with Gasteiger partial charge in [-0.05, 0) is 35.9 Å². The SMILES string of the molecule is Cc1ccc2[nH]c(=O)c(CC(C#N)NC(=O)CN(C)C(=O)C(C)C(C)(C)C)cc2c1. The molecule has 2 rings (SSSR count). The van der Waals surface area contributed by atoms with Gasteiger partial charge in [-0.1, -0.05) is 39.3 Å². The first kappa shape index (κ1) is 23.1. The lowest BCUT2D eigenvalue weighted by Gasteiger charge is -2.30. The number of fused-ring (bicyclic) bond motifs is 1. The van der Waals surface area contributed by atoms with Gasteiger partial charge in [0.05, 0.1) is 12.6 Å². The molecule has 0 aliphatic carbocycles. The number of carbonyl (C=O) groups is 2. The Balaban J connectivity index is 2.07. The molecule has 0 aliphatic heterocycles. The highest BCUT2D eigenvalue weighted by atomic mass is 16.2. The van der Waals surface area contributed by atoms with E-state index in [1.807, 2.05) is 58.9 Å². The molecule has 1 aromatic heterocycles. The van der Waals surface area contributed by atoms with Gasteiger partial charge in [0, 0.05) is 30.5 Å². The van der Waals surface area contributed by atoms with Crippen molar-refractivity contribution in [2.45, 2.75) is 47.1 Å². The molecule has 0 bridgehead atoms. The maximum atomic E-state index is 12.5. The molecule has 0 radical (unpaired) electrons. The van der Waals surface area contributed by atoms with Crippen LogP contribution in [-0.2, 0) is 16.0 Å². The van der Waals surface area contributed by atoms with Crippen LogP contribution < -0.4 is 10.9 Å². The van der Waals surface area contributed by atoms with E-state index in [0.717, 1.165) is 16.5 Å². The maximum absolute atomic E-state index is 12.5. The maximum Gasteiger partial charge on any atom is 0.251 e. The van der Waals surface area contributed by atoms with Gasteiger partial charge in [0.2, 0.25) is 11.8 Å². The van der Waals surface area contributed by atoms with Gasteiger partial charge in [-0.2, -0.15) is 5.26 Å². The minimum atomic E-state index is -0.871. The Kier molecular flexibility index (Phi) is 7.04. The van der Waals surface area contributed by atoms with Crippen molar-refractivity contribution in [1.82, 2.24) is 15.2 Å². The van der Waals surface area contributed by atoms with Crippen molar-refractivity contribution in [3.63, 3.8) is 0 Å². The van der Waals surface area contributed by atoms with E-state index in [1.165, 1.54) is 4.90 Å². The lowest BCUT2D eigenvalue weighted by atomic mass is 9.81. The Morgan fingerprint density at radius 3 is 2.53 bits per heavy atom. The quantitative estimate of drug-likeness (QED) is 0.763. The summed E-state index contributed by atoms with van der Waals surface area (Å²) in [4.78, 5) is 41.4. The number of aromatic amines is 1. The van der Waals surface area contributed by atoms with Gasteiger partial charge in [0.1, 0.15) is 6.04 Å². The summed E-state index contributed by atoms with van der Waals surface area (Å²) in [6.07, 6.45) is 0.0809. The number of rotatable bonds is 6. The molecule has 1 aromatic carbocycles. The molecular formula is C23H30N4O3. The third-order valence-electron chi connectivity index (χ3n) is 5.42. The summed E-state index contributed by atoms with van der Waals surface area (Å²) in [6, 6.07) is 8.61. The first-order valence-corrected chi connectivity index (χ1v) is 9.99. The molecule has 2 atom stereocenters. The Hall–Kier alpha value is -3.14. The Bertz CT molecular complexity index is 1040. The highest BCUT2D eigenvalue weighted by molar-refractivity contribution is 5.86. The summed E-state index contributed by atoms with van der Waals surface area (Å²) in [5.41, 5.74) is 1.70. The normalized spacial score (nSPS) is 13.4. The molecule has 7 nitrogen and oxygen atoms in total. The summed E-state index contributed by atoms with van der Waals surface area (Å²) >= 11 is 0. The van der Waals surface area contributed by atoms with Crippen molar-refractivity contribution in [1.29, 1.82) is 5.26 Å². The number of benzene rings is 1. The van der Waals surface area contributed by atoms with Crippen LogP contribution in [0.2, 0.25) is 0 Å². The molecule has 2 unspecified atom stereocenters. The summed E-state index contributed by atoms with van der Waals surface area (Å²) in [5, 5.41) is 13.0. The van der Waals surface area contributed by atoms with Crippen molar-refractivity contribution in [3.8, 4) is 6.07 Å². The standard InChI is InChI=1S/C23H30N4O3/c1-14-7-8-19-16(9-14)10-17(21(29)26-19)11-18(12-24)25-20(28)13-27(6)22(30)15(2)23(3,4)5/h7-10,15,18H,11,13H2,1-6H3,(H,25,28)(H,26,29). The van der Waals surface area contributed by atoms with Crippen LogP contribution in [0.3, 0.4) is 0 Å². The van der Waals surface area contributed by atoms with E-state index >= 15 is 0 Å².